The Labute approximate surface area is 175 Å². The van der Waals surface area contributed by atoms with Gasteiger partial charge in [0, 0.05) is 23.8 Å². The summed E-state index contributed by atoms with van der Waals surface area (Å²) in [6, 6.07) is 9.72. The highest BCUT2D eigenvalue weighted by atomic mass is 35.5. The minimum atomic E-state index is -3.76. The number of nitrogens with one attached hydrogen (secondary N) is 1. The topological polar surface area (TPSA) is 98.0 Å². The summed E-state index contributed by atoms with van der Waals surface area (Å²) < 4.78 is 33.8. The summed E-state index contributed by atoms with van der Waals surface area (Å²) in [7, 11) is -3.76. The number of sulfonamides is 1. The van der Waals surface area contributed by atoms with Crippen molar-refractivity contribution in [2.24, 2.45) is 5.92 Å². The van der Waals surface area contributed by atoms with Crippen LogP contribution >= 0.6 is 11.6 Å². The summed E-state index contributed by atoms with van der Waals surface area (Å²) in [6.07, 6.45) is 4.92. The SMILES string of the molecule is CC(C)C(NS(=O)(=O)c1ccc(CCCCl)cc1)c1nc(-c2cccnc2)no1. The monoisotopic (exact) mass is 434 g/mol. The molecule has 1 aromatic carbocycles. The number of alkyl halides is 1. The summed E-state index contributed by atoms with van der Waals surface area (Å²) in [4.78, 5) is 8.59. The van der Waals surface area contributed by atoms with Crippen molar-refractivity contribution in [3.63, 3.8) is 0 Å². The minimum Gasteiger partial charge on any atom is -0.337 e. The summed E-state index contributed by atoms with van der Waals surface area (Å²) >= 11 is 5.71. The van der Waals surface area contributed by atoms with Crippen LogP contribution in [0.4, 0.5) is 0 Å². The molecule has 1 N–H and O–H groups in total. The van der Waals surface area contributed by atoms with Gasteiger partial charge in [0.1, 0.15) is 6.04 Å². The molecule has 9 heteroatoms. The van der Waals surface area contributed by atoms with Crippen LogP contribution in [-0.4, -0.2) is 29.4 Å². The van der Waals surface area contributed by atoms with Gasteiger partial charge in [-0.1, -0.05) is 31.1 Å². The first kappa shape index (κ1) is 21.4. The lowest BCUT2D eigenvalue weighted by Crippen LogP contribution is -2.32. The van der Waals surface area contributed by atoms with Crippen molar-refractivity contribution in [2.75, 3.05) is 5.88 Å². The van der Waals surface area contributed by atoms with E-state index in [9.17, 15) is 8.42 Å². The van der Waals surface area contributed by atoms with E-state index in [4.69, 9.17) is 16.1 Å². The molecule has 3 aromatic rings. The number of halogens is 1. The largest absolute Gasteiger partial charge is 0.337 e. The van der Waals surface area contributed by atoms with Gasteiger partial charge in [0.15, 0.2) is 0 Å². The van der Waals surface area contributed by atoms with Crippen LogP contribution in [0, 0.1) is 5.92 Å². The van der Waals surface area contributed by atoms with E-state index in [0.29, 0.717) is 17.3 Å². The van der Waals surface area contributed by atoms with E-state index in [2.05, 4.69) is 19.8 Å². The summed E-state index contributed by atoms with van der Waals surface area (Å²) in [5.74, 6) is 1.04. The first-order valence-electron chi connectivity index (χ1n) is 9.32. The van der Waals surface area contributed by atoms with Crippen molar-refractivity contribution in [3.05, 3.63) is 60.2 Å². The third-order valence-corrected chi connectivity index (χ3v) is 6.13. The van der Waals surface area contributed by atoms with Crippen LogP contribution in [0.2, 0.25) is 0 Å². The molecule has 3 rings (SSSR count). The maximum Gasteiger partial charge on any atom is 0.245 e. The molecule has 1 unspecified atom stereocenters. The number of hydrogen-bond donors (Lipinski definition) is 1. The van der Waals surface area contributed by atoms with Crippen molar-refractivity contribution in [1.29, 1.82) is 0 Å². The number of benzene rings is 1. The fourth-order valence-corrected chi connectivity index (χ4v) is 4.26. The van der Waals surface area contributed by atoms with Crippen molar-refractivity contribution < 1.29 is 12.9 Å². The predicted molar refractivity (Wildman–Crippen MR) is 111 cm³/mol. The predicted octanol–water partition coefficient (Wildman–Crippen LogP) is 3.98. The van der Waals surface area contributed by atoms with Crippen molar-refractivity contribution in [2.45, 2.75) is 37.6 Å². The van der Waals surface area contributed by atoms with Crippen LogP contribution in [-0.2, 0) is 16.4 Å². The number of hydrogen-bond acceptors (Lipinski definition) is 6. The Balaban J connectivity index is 1.80. The van der Waals surface area contributed by atoms with Gasteiger partial charge in [0.05, 0.1) is 4.90 Å². The highest BCUT2D eigenvalue weighted by Crippen LogP contribution is 2.25. The lowest BCUT2D eigenvalue weighted by Gasteiger charge is -2.18. The summed E-state index contributed by atoms with van der Waals surface area (Å²) in [5, 5.41) is 3.96. The first-order chi connectivity index (χ1) is 13.9. The van der Waals surface area contributed by atoms with E-state index in [1.54, 1.807) is 42.7 Å². The molecule has 0 fully saturated rings. The Morgan fingerprint density at radius 1 is 1.17 bits per heavy atom. The number of nitrogens with zero attached hydrogens (tertiary/aromatic N) is 3. The maximum absolute atomic E-state index is 12.9. The molecule has 0 aliphatic carbocycles. The maximum atomic E-state index is 12.9. The number of pyridine rings is 1. The fraction of sp³-hybridized carbons (Fsp3) is 0.350. The van der Waals surface area contributed by atoms with Crippen LogP contribution in [0.1, 0.15) is 37.8 Å². The summed E-state index contributed by atoms with van der Waals surface area (Å²) in [5.41, 5.74) is 1.74. The number of aromatic nitrogens is 3. The molecule has 7 nitrogen and oxygen atoms in total. The molecule has 1 atom stereocenters. The first-order valence-corrected chi connectivity index (χ1v) is 11.3. The molecular formula is C20H23ClN4O3S. The highest BCUT2D eigenvalue weighted by molar-refractivity contribution is 7.89. The molecule has 0 aliphatic rings. The smallest absolute Gasteiger partial charge is 0.245 e. The zero-order chi connectivity index (χ0) is 20.9. The van der Waals surface area contributed by atoms with Gasteiger partial charge in [0.25, 0.3) is 0 Å². The van der Waals surface area contributed by atoms with Gasteiger partial charge in [0.2, 0.25) is 21.7 Å². The highest BCUT2D eigenvalue weighted by Gasteiger charge is 2.28. The van der Waals surface area contributed by atoms with Crippen molar-refractivity contribution >= 4 is 21.6 Å². The van der Waals surface area contributed by atoms with Gasteiger partial charge >= 0.3 is 0 Å². The zero-order valence-electron chi connectivity index (χ0n) is 16.2. The Bertz CT molecular complexity index is 1020. The van der Waals surface area contributed by atoms with Crippen LogP contribution in [0.3, 0.4) is 0 Å². The molecule has 0 radical (unpaired) electrons. The second-order valence-corrected chi connectivity index (χ2v) is 9.07. The number of rotatable bonds is 9. The Hall–Kier alpha value is -2.29. The Morgan fingerprint density at radius 3 is 2.55 bits per heavy atom. The van der Waals surface area contributed by atoms with Gasteiger partial charge in [-0.15, -0.1) is 11.6 Å². The molecule has 154 valence electrons. The molecule has 0 saturated heterocycles. The van der Waals surface area contributed by atoms with Crippen molar-refractivity contribution in [1.82, 2.24) is 19.8 Å². The molecule has 0 bridgehead atoms. The third kappa shape index (κ3) is 5.41. The van der Waals surface area contributed by atoms with E-state index >= 15 is 0 Å². The lowest BCUT2D eigenvalue weighted by atomic mass is 10.1. The molecule has 2 heterocycles. The molecule has 0 spiro atoms. The van der Waals surface area contributed by atoms with E-state index < -0.39 is 16.1 Å². The van der Waals surface area contributed by atoms with Crippen LogP contribution in [0.25, 0.3) is 11.4 Å². The molecule has 0 amide bonds. The van der Waals surface area contributed by atoms with Crippen molar-refractivity contribution in [3.8, 4) is 11.4 Å². The molecular weight excluding hydrogens is 412 g/mol. The molecule has 2 aromatic heterocycles. The van der Waals surface area contributed by atoms with Crippen LogP contribution < -0.4 is 4.72 Å². The van der Waals surface area contributed by atoms with Crippen LogP contribution in [0.15, 0.2) is 58.2 Å². The average molecular weight is 435 g/mol. The second kappa shape index (κ2) is 9.47. The third-order valence-electron chi connectivity index (χ3n) is 4.41. The van der Waals surface area contributed by atoms with E-state index in [0.717, 1.165) is 18.4 Å². The van der Waals surface area contributed by atoms with E-state index in [1.165, 1.54) is 0 Å². The fourth-order valence-electron chi connectivity index (χ4n) is 2.79. The quantitative estimate of drug-likeness (QED) is 0.511. The van der Waals surface area contributed by atoms with Gasteiger partial charge in [-0.05, 0) is 48.6 Å². The molecule has 0 aliphatic heterocycles. The normalized spacial score (nSPS) is 13.0. The zero-order valence-corrected chi connectivity index (χ0v) is 17.8. The minimum absolute atomic E-state index is 0.102. The summed E-state index contributed by atoms with van der Waals surface area (Å²) in [6.45, 7) is 3.77. The van der Waals surface area contributed by atoms with E-state index in [1.807, 2.05) is 19.9 Å². The van der Waals surface area contributed by atoms with Gasteiger partial charge in [-0.3, -0.25) is 4.98 Å². The molecule has 0 saturated carbocycles. The average Bonchev–Trinajstić information content (AvgIpc) is 3.21. The Morgan fingerprint density at radius 2 is 1.93 bits per heavy atom. The van der Waals surface area contributed by atoms with Gasteiger partial charge in [-0.2, -0.15) is 9.71 Å². The Kier molecular flexibility index (Phi) is 7.00. The second-order valence-electron chi connectivity index (χ2n) is 6.98. The molecule has 29 heavy (non-hydrogen) atoms. The van der Waals surface area contributed by atoms with Gasteiger partial charge < -0.3 is 4.52 Å². The van der Waals surface area contributed by atoms with E-state index in [-0.39, 0.29) is 16.7 Å². The lowest BCUT2D eigenvalue weighted by molar-refractivity contribution is 0.311. The number of aryl methyl sites for hydroxylation is 1. The van der Waals surface area contributed by atoms with Crippen LogP contribution in [0.5, 0.6) is 0 Å². The standard InChI is InChI=1S/C20H23ClN4O3S/c1-14(2)18(20-23-19(24-28-20)16-6-4-12-22-13-16)25-29(26,27)17-9-7-15(8-10-17)5-3-11-21/h4,6-10,12-14,18,25H,3,5,11H2,1-2H3. The van der Waals surface area contributed by atoms with Gasteiger partial charge in [-0.25, -0.2) is 8.42 Å².